The van der Waals surface area contributed by atoms with Crippen molar-refractivity contribution in [1.29, 1.82) is 0 Å². The maximum atomic E-state index is 13.2. The van der Waals surface area contributed by atoms with Crippen molar-refractivity contribution in [3.63, 3.8) is 0 Å². The minimum absolute atomic E-state index is 0.288. The van der Waals surface area contributed by atoms with Crippen LogP contribution in [0.2, 0.25) is 0 Å². The first-order chi connectivity index (χ1) is 14.7. The molecule has 1 aromatic heterocycles. The van der Waals surface area contributed by atoms with Gasteiger partial charge in [0.2, 0.25) is 0 Å². The molecule has 3 nitrogen and oxygen atoms in total. The maximum Gasteiger partial charge on any atom is 0.344 e. The number of ether oxygens (including phenoxy) is 1. The molecule has 0 N–H and O–H groups in total. The van der Waals surface area contributed by atoms with E-state index in [2.05, 4.69) is 34.1 Å². The predicted molar refractivity (Wildman–Crippen MR) is 122 cm³/mol. The van der Waals surface area contributed by atoms with Crippen molar-refractivity contribution in [3.8, 4) is 11.5 Å². The first-order valence-corrected chi connectivity index (χ1v) is 10.5. The smallest absolute Gasteiger partial charge is 0.344 e. The number of benzene rings is 4. The lowest BCUT2D eigenvalue weighted by molar-refractivity contribution is 0.441. The zero-order valence-electron chi connectivity index (χ0n) is 15.8. The third-order valence-corrected chi connectivity index (χ3v) is 6.25. The van der Waals surface area contributed by atoms with Crippen LogP contribution in [-0.4, -0.2) is 0 Å². The van der Waals surface area contributed by atoms with Crippen molar-refractivity contribution in [3.05, 3.63) is 117 Å². The molecule has 0 spiro atoms. The van der Waals surface area contributed by atoms with Gasteiger partial charge < -0.3 is 9.15 Å². The summed E-state index contributed by atoms with van der Waals surface area (Å²) < 4.78 is 13.1. The van der Waals surface area contributed by atoms with E-state index in [1.54, 1.807) is 6.07 Å². The molecular formula is C26H15BrO3. The van der Waals surface area contributed by atoms with Crippen LogP contribution in [0.1, 0.15) is 22.6 Å². The van der Waals surface area contributed by atoms with Crippen LogP contribution in [0.4, 0.5) is 0 Å². The molecule has 1 aliphatic heterocycles. The number of halogens is 1. The quantitative estimate of drug-likeness (QED) is 0.251. The third-order valence-electron chi connectivity index (χ3n) is 5.72. The van der Waals surface area contributed by atoms with Crippen LogP contribution in [0.5, 0.6) is 11.5 Å². The number of hydrogen-bond acceptors (Lipinski definition) is 3. The molecule has 0 fully saturated rings. The van der Waals surface area contributed by atoms with Gasteiger partial charge in [-0.15, -0.1) is 0 Å². The standard InChI is InChI=1S/C26H15BrO3/c27-17-12-9-16(10-13-17)22-23-18-6-2-1-5-15(18)11-14-21(23)29-25-19-7-3-4-8-20(19)30-26(28)24(22)25/h1-14,22H. The molecule has 0 aliphatic carbocycles. The van der Waals surface area contributed by atoms with Crippen LogP contribution in [-0.2, 0) is 0 Å². The Labute approximate surface area is 180 Å². The second-order valence-corrected chi connectivity index (χ2v) is 8.33. The highest BCUT2D eigenvalue weighted by molar-refractivity contribution is 9.10. The highest BCUT2D eigenvalue weighted by Gasteiger charge is 2.35. The van der Waals surface area contributed by atoms with Crippen LogP contribution < -0.4 is 10.4 Å². The summed E-state index contributed by atoms with van der Waals surface area (Å²) in [6, 6.07) is 27.8. The Bertz CT molecular complexity index is 1500. The number of hydrogen-bond donors (Lipinski definition) is 0. The SMILES string of the molecule is O=c1oc2ccccc2c2c1C(c1ccc(Br)cc1)c1c(ccc3ccccc13)O2. The van der Waals surface area contributed by atoms with Gasteiger partial charge in [0, 0.05) is 16.0 Å². The van der Waals surface area contributed by atoms with E-state index >= 15 is 0 Å². The normalized spacial score (nSPS) is 14.9. The predicted octanol–water partition coefficient (Wildman–Crippen LogP) is 6.99. The van der Waals surface area contributed by atoms with E-state index in [1.165, 1.54) is 0 Å². The van der Waals surface area contributed by atoms with Gasteiger partial charge in [0.25, 0.3) is 0 Å². The summed E-state index contributed by atoms with van der Waals surface area (Å²) in [7, 11) is 0. The van der Waals surface area contributed by atoms with Gasteiger partial charge >= 0.3 is 5.63 Å². The summed E-state index contributed by atoms with van der Waals surface area (Å²) in [6.07, 6.45) is 0. The molecule has 5 aromatic rings. The van der Waals surface area contributed by atoms with Crippen LogP contribution in [0, 0.1) is 0 Å². The molecular weight excluding hydrogens is 440 g/mol. The van der Waals surface area contributed by atoms with E-state index in [4.69, 9.17) is 9.15 Å². The number of para-hydroxylation sites is 1. The van der Waals surface area contributed by atoms with E-state index in [1.807, 2.05) is 60.7 Å². The van der Waals surface area contributed by atoms with Gasteiger partial charge in [0.05, 0.1) is 10.9 Å². The lowest BCUT2D eigenvalue weighted by Gasteiger charge is -2.29. The van der Waals surface area contributed by atoms with Gasteiger partial charge in [0.1, 0.15) is 17.1 Å². The van der Waals surface area contributed by atoms with E-state index in [-0.39, 0.29) is 11.5 Å². The first-order valence-electron chi connectivity index (χ1n) is 9.71. The summed E-state index contributed by atoms with van der Waals surface area (Å²) >= 11 is 3.51. The fourth-order valence-corrected chi connectivity index (χ4v) is 4.66. The van der Waals surface area contributed by atoms with E-state index in [0.29, 0.717) is 16.9 Å². The highest BCUT2D eigenvalue weighted by atomic mass is 79.9. The van der Waals surface area contributed by atoms with Crippen LogP contribution in [0.25, 0.3) is 21.7 Å². The third kappa shape index (κ3) is 2.54. The summed E-state index contributed by atoms with van der Waals surface area (Å²) in [6.45, 7) is 0. The van der Waals surface area contributed by atoms with Crippen molar-refractivity contribution >= 4 is 37.7 Å². The lowest BCUT2D eigenvalue weighted by atomic mass is 9.80. The second kappa shape index (κ2) is 6.57. The van der Waals surface area contributed by atoms with Crippen molar-refractivity contribution in [2.75, 3.05) is 0 Å². The van der Waals surface area contributed by atoms with E-state index < -0.39 is 0 Å². The van der Waals surface area contributed by atoms with Gasteiger partial charge in [-0.2, -0.15) is 0 Å². The van der Waals surface area contributed by atoms with E-state index in [0.717, 1.165) is 37.5 Å². The van der Waals surface area contributed by atoms with Crippen LogP contribution in [0.15, 0.2) is 98.6 Å². The largest absolute Gasteiger partial charge is 0.456 e. The molecule has 4 aromatic carbocycles. The Kier molecular flexibility index (Phi) is 3.83. The number of rotatable bonds is 1. The molecule has 1 unspecified atom stereocenters. The molecule has 2 heterocycles. The van der Waals surface area contributed by atoms with Crippen LogP contribution in [0.3, 0.4) is 0 Å². The Hall–Kier alpha value is -3.37. The summed E-state index contributed by atoms with van der Waals surface area (Å²) in [5.74, 6) is 1.06. The topological polar surface area (TPSA) is 39.4 Å². The molecule has 30 heavy (non-hydrogen) atoms. The molecule has 4 heteroatoms. The first kappa shape index (κ1) is 17.5. The molecule has 0 bridgehead atoms. The van der Waals surface area contributed by atoms with E-state index in [9.17, 15) is 4.79 Å². The lowest BCUT2D eigenvalue weighted by Crippen LogP contribution is -2.21. The Morgan fingerprint density at radius 2 is 1.47 bits per heavy atom. The minimum atomic E-state index is -0.366. The van der Waals surface area contributed by atoms with Crippen LogP contribution >= 0.6 is 15.9 Å². The molecule has 6 rings (SSSR count). The van der Waals surface area contributed by atoms with Gasteiger partial charge in [-0.25, -0.2) is 4.79 Å². The second-order valence-electron chi connectivity index (χ2n) is 7.41. The Morgan fingerprint density at radius 3 is 2.30 bits per heavy atom. The Balaban J connectivity index is 1.76. The molecule has 0 saturated carbocycles. The Morgan fingerprint density at radius 1 is 0.733 bits per heavy atom. The molecule has 0 amide bonds. The molecule has 144 valence electrons. The minimum Gasteiger partial charge on any atom is -0.456 e. The summed E-state index contributed by atoms with van der Waals surface area (Å²) in [5, 5.41) is 2.98. The summed E-state index contributed by atoms with van der Waals surface area (Å²) in [4.78, 5) is 13.2. The monoisotopic (exact) mass is 454 g/mol. The van der Waals surface area contributed by atoms with Gasteiger partial charge in [-0.05, 0) is 46.7 Å². The van der Waals surface area contributed by atoms with Crippen molar-refractivity contribution in [1.82, 2.24) is 0 Å². The highest BCUT2D eigenvalue weighted by Crippen LogP contribution is 2.50. The molecule has 1 aliphatic rings. The van der Waals surface area contributed by atoms with Gasteiger partial charge in [-0.1, -0.05) is 70.5 Å². The fourth-order valence-electron chi connectivity index (χ4n) is 4.40. The van der Waals surface area contributed by atoms with Crippen molar-refractivity contribution < 1.29 is 9.15 Å². The summed E-state index contributed by atoms with van der Waals surface area (Å²) in [5.41, 5.74) is 2.71. The average Bonchev–Trinajstić information content (AvgIpc) is 2.78. The zero-order chi connectivity index (χ0) is 20.2. The molecule has 1 atom stereocenters. The average molecular weight is 455 g/mol. The molecule has 0 saturated heterocycles. The van der Waals surface area contributed by atoms with Gasteiger partial charge in [0.15, 0.2) is 0 Å². The fraction of sp³-hybridized carbons (Fsp3) is 0.0385. The maximum absolute atomic E-state index is 13.2. The molecule has 0 radical (unpaired) electrons. The van der Waals surface area contributed by atoms with Crippen molar-refractivity contribution in [2.24, 2.45) is 0 Å². The van der Waals surface area contributed by atoms with Gasteiger partial charge in [-0.3, -0.25) is 0 Å². The zero-order valence-corrected chi connectivity index (χ0v) is 17.3. The number of fused-ring (bicyclic) bond motifs is 6. The van der Waals surface area contributed by atoms with Crippen molar-refractivity contribution in [2.45, 2.75) is 5.92 Å².